The standard InChI is InChI=1S/C15H18N2O2S/c1-19-10-7-4-8-11-12(10)13(16)14(20-11)15(18)17-9-5-2-3-6-9/h4,7-9H,2-3,5-6,16H2,1H3,(H,17,18). The van der Waals surface area contributed by atoms with Gasteiger partial charge in [0.2, 0.25) is 0 Å². The summed E-state index contributed by atoms with van der Waals surface area (Å²) in [6.45, 7) is 0. The predicted molar refractivity (Wildman–Crippen MR) is 82.5 cm³/mol. The Kier molecular flexibility index (Phi) is 3.53. The zero-order chi connectivity index (χ0) is 14.1. The van der Waals surface area contributed by atoms with Gasteiger partial charge in [0.1, 0.15) is 10.6 Å². The number of carbonyl (C=O) groups is 1. The third-order valence-corrected chi connectivity index (χ3v) is 5.00. The fourth-order valence-electron chi connectivity index (χ4n) is 2.80. The van der Waals surface area contributed by atoms with Gasteiger partial charge < -0.3 is 15.8 Å². The number of nitrogen functional groups attached to an aromatic ring is 1. The van der Waals surface area contributed by atoms with E-state index in [9.17, 15) is 4.79 Å². The molecule has 0 radical (unpaired) electrons. The van der Waals surface area contributed by atoms with Crippen molar-refractivity contribution < 1.29 is 9.53 Å². The monoisotopic (exact) mass is 290 g/mol. The molecule has 0 aliphatic heterocycles. The van der Waals surface area contributed by atoms with Crippen molar-refractivity contribution in [3.8, 4) is 5.75 Å². The Morgan fingerprint density at radius 2 is 2.15 bits per heavy atom. The van der Waals surface area contributed by atoms with Crippen LogP contribution in [0.15, 0.2) is 18.2 Å². The first-order valence-corrected chi connectivity index (χ1v) is 7.68. The van der Waals surface area contributed by atoms with Crippen LogP contribution < -0.4 is 15.8 Å². The van der Waals surface area contributed by atoms with Gasteiger partial charge >= 0.3 is 0 Å². The molecule has 1 amide bonds. The average molecular weight is 290 g/mol. The lowest BCUT2D eigenvalue weighted by Crippen LogP contribution is -2.32. The van der Waals surface area contributed by atoms with E-state index < -0.39 is 0 Å². The van der Waals surface area contributed by atoms with Crippen molar-refractivity contribution in [2.75, 3.05) is 12.8 Å². The molecule has 20 heavy (non-hydrogen) atoms. The second kappa shape index (κ2) is 5.32. The van der Waals surface area contributed by atoms with Crippen LogP contribution >= 0.6 is 11.3 Å². The molecule has 0 bridgehead atoms. The molecule has 3 N–H and O–H groups in total. The van der Waals surface area contributed by atoms with Gasteiger partial charge in [0.25, 0.3) is 5.91 Å². The van der Waals surface area contributed by atoms with Crippen LogP contribution in [-0.2, 0) is 0 Å². The Bertz CT molecular complexity index is 645. The van der Waals surface area contributed by atoms with E-state index in [4.69, 9.17) is 10.5 Å². The van der Waals surface area contributed by atoms with Gasteiger partial charge in [-0.2, -0.15) is 0 Å². The highest BCUT2D eigenvalue weighted by atomic mass is 32.1. The number of fused-ring (bicyclic) bond motifs is 1. The van der Waals surface area contributed by atoms with Gasteiger partial charge in [0.15, 0.2) is 0 Å². The van der Waals surface area contributed by atoms with Gasteiger partial charge in [-0.25, -0.2) is 0 Å². The lowest BCUT2D eigenvalue weighted by Gasteiger charge is -2.11. The average Bonchev–Trinajstić information content (AvgIpc) is 3.07. The number of thiophene rings is 1. The highest BCUT2D eigenvalue weighted by molar-refractivity contribution is 7.21. The summed E-state index contributed by atoms with van der Waals surface area (Å²) in [5.41, 5.74) is 6.69. The minimum Gasteiger partial charge on any atom is -0.496 e. The molecule has 5 heteroatoms. The molecule has 1 heterocycles. The van der Waals surface area contributed by atoms with E-state index in [1.807, 2.05) is 18.2 Å². The molecular formula is C15H18N2O2S. The van der Waals surface area contributed by atoms with E-state index >= 15 is 0 Å². The summed E-state index contributed by atoms with van der Waals surface area (Å²) < 4.78 is 6.31. The molecule has 1 aromatic heterocycles. The molecule has 106 valence electrons. The third-order valence-electron chi connectivity index (χ3n) is 3.83. The van der Waals surface area contributed by atoms with Crippen molar-refractivity contribution in [3.05, 3.63) is 23.1 Å². The highest BCUT2D eigenvalue weighted by Crippen LogP contribution is 2.39. The van der Waals surface area contributed by atoms with Crippen molar-refractivity contribution in [3.63, 3.8) is 0 Å². The van der Waals surface area contributed by atoms with Crippen LogP contribution in [0.4, 0.5) is 5.69 Å². The minimum absolute atomic E-state index is 0.0577. The molecule has 1 aromatic carbocycles. The van der Waals surface area contributed by atoms with Gasteiger partial charge in [-0.3, -0.25) is 4.79 Å². The Morgan fingerprint density at radius 1 is 1.40 bits per heavy atom. The van der Waals surface area contributed by atoms with Crippen molar-refractivity contribution in [1.29, 1.82) is 0 Å². The molecule has 0 spiro atoms. The lowest BCUT2D eigenvalue weighted by molar-refractivity contribution is 0.0943. The van der Waals surface area contributed by atoms with Crippen LogP contribution in [0.3, 0.4) is 0 Å². The second-order valence-electron chi connectivity index (χ2n) is 5.13. The molecule has 1 saturated carbocycles. The molecular weight excluding hydrogens is 272 g/mol. The maximum absolute atomic E-state index is 12.4. The lowest BCUT2D eigenvalue weighted by atomic mass is 10.2. The minimum atomic E-state index is -0.0577. The van der Waals surface area contributed by atoms with Crippen LogP contribution in [-0.4, -0.2) is 19.1 Å². The van der Waals surface area contributed by atoms with E-state index in [-0.39, 0.29) is 5.91 Å². The second-order valence-corrected chi connectivity index (χ2v) is 6.19. The number of ether oxygens (including phenoxy) is 1. The number of hydrogen-bond acceptors (Lipinski definition) is 4. The topological polar surface area (TPSA) is 64.3 Å². The van der Waals surface area contributed by atoms with Gasteiger partial charge in [-0.1, -0.05) is 18.9 Å². The summed E-state index contributed by atoms with van der Waals surface area (Å²) in [5, 5.41) is 3.93. The number of anilines is 1. The number of methoxy groups -OCH3 is 1. The first-order valence-electron chi connectivity index (χ1n) is 6.86. The first-order chi connectivity index (χ1) is 9.70. The SMILES string of the molecule is COc1cccc2sc(C(=O)NC3CCCC3)c(N)c12. The van der Waals surface area contributed by atoms with Crippen LogP contribution in [0.1, 0.15) is 35.4 Å². The number of rotatable bonds is 3. The van der Waals surface area contributed by atoms with E-state index in [2.05, 4.69) is 5.32 Å². The van der Waals surface area contributed by atoms with E-state index in [0.717, 1.165) is 28.7 Å². The summed E-state index contributed by atoms with van der Waals surface area (Å²) in [7, 11) is 1.62. The number of benzene rings is 1. The molecule has 4 nitrogen and oxygen atoms in total. The fraction of sp³-hybridized carbons (Fsp3) is 0.400. The fourth-order valence-corrected chi connectivity index (χ4v) is 3.84. The highest BCUT2D eigenvalue weighted by Gasteiger charge is 2.22. The summed E-state index contributed by atoms with van der Waals surface area (Å²) in [5.74, 6) is 0.661. The van der Waals surface area contributed by atoms with Gasteiger partial charge in [0, 0.05) is 10.7 Å². The van der Waals surface area contributed by atoms with Crippen LogP contribution in [0.25, 0.3) is 10.1 Å². The zero-order valence-electron chi connectivity index (χ0n) is 11.4. The molecule has 0 unspecified atom stereocenters. The van der Waals surface area contributed by atoms with Crippen LogP contribution in [0, 0.1) is 0 Å². The quantitative estimate of drug-likeness (QED) is 0.912. The zero-order valence-corrected chi connectivity index (χ0v) is 12.3. The number of carbonyl (C=O) groups excluding carboxylic acids is 1. The molecule has 3 rings (SSSR count). The first kappa shape index (κ1) is 13.2. The normalized spacial score (nSPS) is 15.7. The summed E-state index contributed by atoms with van der Waals surface area (Å²) >= 11 is 1.43. The molecule has 2 aromatic rings. The molecule has 1 aliphatic carbocycles. The van der Waals surface area contributed by atoms with Crippen LogP contribution in [0.2, 0.25) is 0 Å². The maximum Gasteiger partial charge on any atom is 0.263 e. The van der Waals surface area contributed by atoms with Crippen molar-refractivity contribution >= 4 is 33.0 Å². The summed E-state index contributed by atoms with van der Waals surface area (Å²) in [6, 6.07) is 6.04. The third kappa shape index (κ3) is 2.22. The van der Waals surface area contributed by atoms with Crippen molar-refractivity contribution in [1.82, 2.24) is 5.32 Å². The van der Waals surface area contributed by atoms with E-state index in [1.54, 1.807) is 7.11 Å². The van der Waals surface area contributed by atoms with Gasteiger partial charge in [-0.15, -0.1) is 11.3 Å². The molecule has 1 fully saturated rings. The Labute approximate surface area is 121 Å². The molecule has 1 aliphatic rings. The smallest absolute Gasteiger partial charge is 0.263 e. The number of nitrogens with one attached hydrogen (secondary N) is 1. The van der Waals surface area contributed by atoms with Crippen molar-refractivity contribution in [2.24, 2.45) is 0 Å². The number of nitrogens with two attached hydrogens (primary N) is 1. The molecule has 0 atom stereocenters. The van der Waals surface area contributed by atoms with Crippen LogP contribution in [0.5, 0.6) is 5.75 Å². The number of hydrogen-bond donors (Lipinski definition) is 2. The van der Waals surface area contributed by atoms with Gasteiger partial charge in [-0.05, 0) is 25.0 Å². The van der Waals surface area contributed by atoms with E-state index in [1.165, 1.54) is 24.2 Å². The maximum atomic E-state index is 12.4. The van der Waals surface area contributed by atoms with E-state index in [0.29, 0.717) is 16.6 Å². The van der Waals surface area contributed by atoms with Gasteiger partial charge in [0.05, 0.1) is 18.2 Å². The Balaban J connectivity index is 1.95. The molecule has 0 saturated heterocycles. The largest absolute Gasteiger partial charge is 0.496 e. The Morgan fingerprint density at radius 3 is 2.85 bits per heavy atom. The summed E-state index contributed by atoms with van der Waals surface area (Å²) in [6.07, 6.45) is 4.53. The number of amides is 1. The predicted octanol–water partition coefficient (Wildman–Crippen LogP) is 3.16. The Hall–Kier alpha value is -1.75. The van der Waals surface area contributed by atoms with Crippen molar-refractivity contribution in [2.45, 2.75) is 31.7 Å². The summed E-state index contributed by atoms with van der Waals surface area (Å²) in [4.78, 5) is 13.0.